The highest BCUT2D eigenvalue weighted by atomic mass is 16.4. The van der Waals surface area contributed by atoms with Crippen LogP contribution in [-0.2, 0) is 13.0 Å². The third-order valence-corrected chi connectivity index (χ3v) is 4.61. The van der Waals surface area contributed by atoms with Crippen molar-refractivity contribution >= 4 is 16.9 Å². The summed E-state index contributed by atoms with van der Waals surface area (Å²) < 4.78 is 1.70. The second-order valence-electron chi connectivity index (χ2n) is 7.16. The van der Waals surface area contributed by atoms with E-state index < -0.39 is 5.97 Å². The minimum absolute atomic E-state index is 0.277. The van der Waals surface area contributed by atoms with Crippen LogP contribution in [0.15, 0.2) is 61.3 Å². The SMILES string of the molecule is CN(C)CCc1c[nH]c2cc(O)c(Cn3cncn3)cc12.O=C(O)c1ccccc1. The minimum Gasteiger partial charge on any atom is -0.508 e. The van der Waals surface area contributed by atoms with Gasteiger partial charge in [0, 0.05) is 35.3 Å². The molecule has 0 atom stereocenters. The highest BCUT2D eigenvalue weighted by molar-refractivity contribution is 5.87. The van der Waals surface area contributed by atoms with E-state index in [1.165, 1.54) is 11.9 Å². The molecule has 30 heavy (non-hydrogen) atoms. The molecule has 156 valence electrons. The zero-order valence-electron chi connectivity index (χ0n) is 17.0. The van der Waals surface area contributed by atoms with Crippen molar-refractivity contribution in [2.24, 2.45) is 0 Å². The Morgan fingerprint density at radius 1 is 1.17 bits per heavy atom. The van der Waals surface area contributed by atoms with Gasteiger partial charge in [-0.2, -0.15) is 5.10 Å². The van der Waals surface area contributed by atoms with E-state index in [1.54, 1.807) is 47.4 Å². The van der Waals surface area contributed by atoms with Gasteiger partial charge in [-0.25, -0.2) is 14.5 Å². The molecule has 4 aromatic rings. The number of H-pyrrole nitrogens is 1. The molecule has 0 aliphatic carbocycles. The third kappa shape index (κ3) is 5.45. The maximum absolute atomic E-state index is 10.2. The van der Waals surface area contributed by atoms with Crippen LogP contribution < -0.4 is 0 Å². The fourth-order valence-electron chi connectivity index (χ4n) is 3.01. The second kappa shape index (κ2) is 9.71. The number of phenolic OH excluding ortho intramolecular Hbond substituents is 1. The van der Waals surface area contributed by atoms with E-state index in [0.29, 0.717) is 12.1 Å². The summed E-state index contributed by atoms with van der Waals surface area (Å²) in [6.45, 7) is 1.51. The lowest BCUT2D eigenvalue weighted by Gasteiger charge is -2.09. The van der Waals surface area contributed by atoms with Crippen molar-refractivity contribution in [3.63, 3.8) is 0 Å². The van der Waals surface area contributed by atoms with Crippen LogP contribution in [0.3, 0.4) is 0 Å². The summed E-state index contributed by atoms with van der Waals surface area (Å²) in [5.74, 6) is -0.602. The maximum atomic E-state index is 10.2. The Hall–Kier alpha value is -3.65. The zero-order valence-corrected chi connectivity index (χ0v) is 17.0. The molecule has 2 aromatic heterocycles. The van der Waals surface area contributed by atoms with E-state index in [-0.39, 0.29) is 5.75 Å². The molecule has 8 heteroatoms. The van der Waals surface area contributed by atoms with Gasteiger partial charge in [0.1, 0.15) is 18.4 Å². The smallest absolute Gasteiger partial charge is 0.335 e. The van der Waals surface area contributed by atoms with Crippen molar-refractivity contribution in [1.82, 2.24) is 24.6 Å². The van der Waals surface area contributed by atoms with Crippen molar-refractivity contribution in [1.29, 1.82) is 0 Å². The number of hydrogen-bond acceptors (Lipinski definition) is 5. The molecule has 0 aliphatic rings. The standard InChI is InChI=1S/C15H19N5O.C7H6O2/c1-19(2)4-3-11-7-17-14-6-15(21)12(5-13(11)14)8-20-10-16-9-18-20;8-7(9)6-4-2-1-3-5-6/h5-7,9-10,17,21H,3-4,8H2,1-2H3;1-5H,(H,8,9). The van der Waals surface area contributed by atoms with Crippen LogP contribution in [0.4, 0.5) is 0 Å². The molecule has 2 heterocycles. The summed E-state index contributed by atoms with van der Waals surface area (Å²) in [7, 11) is 4.13. The first kappa shape index (κ1) is 21.1. The number of carbonyl (C=O) groups is 1. The van der Waals surface area contributed by atoms with E-state index in [4.69, 9.17) is 5.11 Å². The molecule has 0 saturated carbocycles. The number of carboxylic acids is 1. The average molecular weight is 407 g/mol. The minimum atomic E-state index is -0.879. The number of aromatic hydroxyl groups is 1. The van der Waals surface area contributed by atoms with Crippen LogP contribution in [0.5, 0.6) is 5.75 Å². The Morgan fingerprint density at radius 2 is 1.93 bits per heavy atom. The summed E-state index contributed by atoms with van der Waals surface area (Å²) in [5.41, 5.74) is 3.40. The van der Waals surface area contributed by atoms with Crippen LogP contribution in [-0.4, -0.2) is 61.5 Å². The van der Waals surface area contributed by atoms with Crippen LogP contribution >= 0.6 is 0 Å². The molecular weight excluding hydrogens is 382 g/mol. The first-order chi connectivity index (χ1) is 14.4. The quantitative estimate of drug-likeness (QED) is 0.454. The normalized spacial score (nSPS) is 10.8. The second-order valence-corrected chi connectivity index (χ2v) is 7.16. The van der Waals surface area contributed by atoms with Gasteiger partial charge in [0.25, 0.3) is 0 Å². The summed E-state index contributed by atoms with van der Waals surface area (Å²) in [6, 6.07) is 12.1. The molecule has 4 rings (SSSR count). The van der Waals surface area contributed by atoms with Crippen LogP contribution in [0, 0.1) is 0 Å². The van der Waals surface area contributed by atoms with Crippen molar-refractivity contribution in [3.8, 4) is 5.75 Å². The van der Waals surface area contributed by atoms with Gasteiger partial charge < -0.3 is 20.1 Å². The summed E-state index contributed by atoms with van der Waals surface area (Å²) in [5, 5.41) is 23.8. The fraction of sp³-hybridized carbons (Fsp3) is 0.227. The predicted octanol–water partition coefficient (Wildman–Crippen LogP) is 3.00. The lowest BCUT2D eigenvalue weighted by molar-refractivity contribution is 0.0697. The number of nitrogens with one attached hydrogen (secondary N) is 1. The summed E-state index contributed by atoms with van der Waals surface area (Å²) in [6.07, 6.45) is 6.13. The van der Waals surface area contributed by atoms with E-state index in [2.05, 4.69) is 34.1 Å². The van der Waals surface area contributed by atoms with E-state index in [0.717, 1.165) is 29.4 Å². The van der Waals surface area contributed by atoms with Gasteiger partial charge in [0.15, 0.2) is 0 Å². The number of hydrogen-bond donors (Lipinski definition) is 3. The van der Waals surface area contributed by atoms with Crippen LogP contribution in [0.2, 0.25) is 0 Å². The van der Waals surface area contributed by atoms with Gasteiger partial charge in [0.2, 0.25) is 0 Å². The van der Waals surface area contributed by atoms with Gasteiger partial charge in [-0.15, -0.1) is 0 Å². The first-order valence-corrected chi connectivity index (χ1v) is 9.51. The zero-order chi connectivity index (χ0) is 21.5. The number of fused-ring (bicyclic) bond motifs is 1. The van der Waals surface area contributed by atoms with Gasteiger partial charge in [-0.05, 0) is 44.3 Å². The lowest BCUT2D eigenvalue weighted by Crippen LogP contribution is -2.14. The number of carboxylic acid groups (broad SMARTS) is 1. The highest BCUT2D eigenvalue weighted by Gasteiger charge is 2.10. The molecule has 0 saturated heterocycles. The van der Waals surface area contributed by atoms with E-state index >= 15 is 0 Å². The average Bonchev–Trinajstić information content (AvgIpc) is 3.38. The van der Waals surface area contributed by atoms with Crippen LogP contribution in [0.25, 0.3) is 10.9 Å². The van der Waals surface area contributed by atoms with E-state index in [1.807, 2.05) is 12.3 Å². The molecule has 8 nitrogen and oxygen atoms in total. The fourth-order valence-corrected chi connectivity index (χ4v) is 3.01. The van der Waals surface area contributed by atoms with Crippen molar-refractivity contribution in [3.05, 3.63) is 78.0 Å². The number of benzene rings is 2. The predicted molar refractivity (Wildman–Crippen MR) is 115 cm³/mol. The first-order valence-electron chi connectivity index (χ1n) is 9.51. The van der Waals surface area contributed by atoms with E-state index in [9.17, 15) is 9.90 Å². The van der Waals surface area contributed by atoms with Crippen LogP contribution in [0.1, 0.15) is 21.5 Å². The highest BCUT2D eigenvalue weighted by Crippen LogP contribution is 2.27. The topological polar surface area (TPSA) is 107 Å². The molecule has 0 fully saturated rings. The summed E-state index contributed by atoms with van der Waals surface area (Å²) in [4.78, 5) is 19.5. The molecule has 0 amide bonds. The van der Waals surface area contributed by atoms with Gasteiger partial charge >= 0.3 is 5.97 Å². The van der Waals surface area contributed by atoms with Gasteiger partial charge in [-0.3, -0.25) is 0 Å². The number of aromatic amines is 1. The molecular formula is C22H25N5O3. The molecule has 0 spiro atoms. The molecule has 0 aliphatic heterocycles. The number of aromatic carboxylic acids is 1. The number of phenols is 1. The molecule has 0 radical (unpaired) electrons. The Labute approximate surface area is 174 Å². The number of nitrogens with zero attached hydrogens (tertiary/aromatic N) is 4. The largest absolute Gasteiger partial charge is 0.508 e. The molecule has 0 bridgehead atoms. The number of rotatable bonds is 6. The maximum Gasteiger partial charge on any atom is 0.335 e. The Balaban J connectivity index is 0.000000239. The number of likely N-dealkylation sites (N-methyl/N-ethyl adjacent to an activating group) is 1. The Morgan fingerprint density at radius 3 is 2.53 bits per heavy atom. The molecule has 3 N–H and O–H groups in total. The number of aromatic nitrogens is 4. The Kier molecular flexibility index (Phi) is 6.82. The molecule has 0 unspecified atom stereocenters. The van der Waals surface area contributed by atoms with Gasteiger partial charge in [-0.1, -0.05) is 18.2 Å². The monoisotopic (exact) mass is 407 g/mol. The van der Waals surface area contributed by atoms with Crippen molar-refractivity contribution < 1.29 is 15.0 Å². The lowest BCUT2D eigenvalue weighted by atomic mass is 10.1. The summed E-state index contributed by atoms with van der Waals surface area (Å²) >= 11 is 0. The molecule has 2 aromatic carbocycles. The van der Waals surface area contributed by atoms with Gasteiger partial charge in [0.05, 0.1) is 12.1 Å². The van der Waals surface area contributed by atoms with Crippen molar-refractivity contribution in [2.75, 3.05) is 20.6 Å². The van der Waals surface area contributed by atoms with Crippen molar-refractivity contribution in [2.45, 2.75) is 13.0 Å². The third-order valence-electron chi connectivity index (χ3n) is 4.61. The Bertz CT molecular complexity index is 1090.